The molecule has 18 heavy (non-hydrogen) atoms. The first-order valence-electron chi connectivity index (χ1n) is 5.91. The van der Waals surface area contributed by atoms with E-state index in [1.54, 1.807) is 23.6 Å². The Labute approximate surface area is 111 Å². The lowest BCUT2D eigenvalue weighted by Gasteiger charge is -2.09. The molecule has 0 amide bonds. The lowest BCUT2D eigenvalue weighted by molar-refractivity contribution is 0.232. The molecule has 0 aromatic carbocycles. The summed E-state index contributed by atoms with van der Waals surface area (Å²) in [6, 6.07) is 3.88. The van der Waals surface area contributed by atoms with Gasteiger partial charge in [0.1, 0.15) is 0 Å². The summed E-state index contributed by atoms with van der Waals surface area (Å²) in [5.74, 6) is 1.20. The van der Waals surface area contributed by atoms with Crippen LogP contribution >= 0.6 is 11.3 Å². The van der Waals surface area contributed by atoms with E-state index in [1.165, 1.54) is 10.4 Å². The highest BCUT2D eigenvalue weighted by molar-refractivity contribution is 7.10. The van der Waals surface area contributed by atoms with Gasteiger partial charge in [0, 0.05) is 17.1 Å². The number of thiophene rings is 1. The second-order valence-electron chi connectivity index (χ2n) is 4.27. The van der Waals surface area contributed by atoms with Crippen LogP contribution in [0.25, 0.3) is 0 Å². The number of anilines is 1. The molecular formula is C13H17N3OS. The minimum atomic E-state index is 0.118. The van der Waals surface area contributed by atoms with Crippen molar-refractivity contribution in [1.29, 1.82) is 0 Å². The molecular weight excluding hydrogens is 246 g/mol. The van der Waals surface area contributed by atoms with Gasteiger partial charge >= 0.3 is 0 Å². The molecule has 1 N–H and O–H groups in total. The maximum atomic E-state index is 5.53. The third-order valence-corrected chi connectivity index (χ3v) is 3.38. The molecule has 0 saturated carbocycles. The van der Waals surface area contributed by atoms with Crippen molar-refractivity contribution in [1.82, 2.24) is 9.97 Å². The largest absolute Gasteiger partial charge is 0.475 e. The van der Waals surface area contributed by atoms with Gasteiger partial charge in [0.2, 0.25) is 11.8 Å². The van der Waals surface area contributed by atoms with Crippen molar-refractivity contribution in [3.05, 3.63) is 34.2 Å². The van der Waals surface area contributed by atoms with E-state index in [4.69, 9.17) is 4.74 Å². The normalized spacial score (nSPS) is 10.7. The summed E-state index contributed by atoms with van der Waals surface area (Å²) >= 11 is 1.73. The van der Waals surface area contributed by atoms with Gasteiger partial charge in [-0.25, -0.2) is 4.98 Å². The molecule has 0 radical (unpaired) electrons. The maximum absolute atomic E-state index is 5.53. The number of ether oxygens (including phenoxy) is 1. The molecule has 0 fully saturated rings. The summed E-state index contributed by atoms with van der Waals surface area (Å²) in [5.41, 5.74) is 1.29. The Kier molecular flexibility index (Phi) is 4.15. The number of hydrogen-bond acceptors (Lipinski definition) is 5. The fourth-order valence-electron chi connectivity index (χ4n) is 1.48. The first kappa shape index (κ1) is 12.8. The highest BCUT2D eigenvalue weighted by Gasteiger charge is 2.04. The van der Waals surface area contributed by atoms with Crippen LogP contribution in [0.15, 0.2) is 23.7 Å². The van der Waals surface area contributed by atoms with E-state index in [9.17, 15) is 0 Å². The van der Waals surface area contributed by atoms with Crippen LogP contribution in [-0.4, -0.2) is 16.1 Å². The van der Waals surface area contributed by atoms with E-state index < -0.39 is 0 Å². The average Bonchev–Trinajstić information content (AvgIpc) is 2.72. The van der Waals surface area contributed by atoms with Crippen LogP contribution in [0.5, 0.6) is 5.88 Å². The van der Waals surface area contributed by atoms with Crippen LogP contribution in [0.3, 0.4) is 0 Å². The van der Waals surface area contributed by atoms with E-state index in [0.717, 1.165) is 6.54 Å². The molecule has 2 heterocycles. The van der Waals surface area contributed by atoms with Crippen LogP contribution in [-0.2, 0) is 6.54 Å². The first-order valence-corrected chi connectivity index (χ1v) is 6.79. The van der Waals surface area contributed by atoms with Gasteiger partial charge in [0.05, 0.1) is 12.6 Å². The third-order valence-electron chi connectivity index (χ3n) is 2.36. The summed E-state index contributed by atoms with van der Waals surface area (Å²) in [6.45, 7) is 6.80. The van der Waals surface area contributed by atoms with Gasteiger partial charge in [-0.1, -0.05) is 0 Å². The number of aryl methyl sites for hydroxylation is 1. The monoisotopic (exact) mass is 263 g/mol. The van der Waals surface area contributed by atoms with Gasteiger partial charge in [-0.2, -0.15) is 4.98 Å². The van der Waals surface area contributed by atoms with Crippen LogP contribution in [0.2, 0.25) is 0 Å². The maximum Gasteiger partial charge on any atom is 0.226 e. The summed E-state index contributed by atoms with van der Waals surface area (Å²) in [4.78, 5) is 9.78. The van der Waals surface area contributed by atoms with Gasteiger partial charge in [-0.3, -0.25) is 0 Å². The molecule has 0 bridgehead atoms. The molecule has 2 rings (SSSR count). The van der Waals surface area contributed by atoms with Crippen molar-refractivity contribution in [2.45, 2.75) is 33.4 Å². The Balaban J connectivity index is 1.99. The zero-order valence-corrected chi connectivity index (χ0v) is 11.6. The molecule has 0 aliphatic carbocycles. The first-order chi connectivity index (χ1) is 8.65. The van der Waals surface area contributed by atoms with Crippen LogP contribution < -0.4 is 10.1 Å². The van der Waals surface area contributed by atoms with Crippen LogP contribution in [0.4, 0.5) is 5.95 Å². The summed E-state index contributed by atoms with van der Waals surface area (Å²) in [6.07, 6.45) is 1.82. The van der Waals surface area contributed by atoms with E-state index in [0.29, 0.717) is 11.8 Å². The van der Waals surface area contributed by atoms with Crippen molar-refractivity contribution >= 4 is 17.3 Å². The molecule has 4 nitrogen and oxygen atoms in total. The van der Waals surface area contributed by atoms with Crippen molar-refractivity contribution in [3.8, 4) is 5.88 Å². The Hall–Kier alpha value is -1.62. The van der Waals surface area contributed by atoms with Crippen molar-refractivity contribution in [3.63, 3.8) is 0 Å². The van der Waals surface area contributed by atoms with Gasteiger partial charge in [0.25, 0.3) is 0 Å². The lowest BCUT2D eigenvalue weighted by Crippen LogP contribution is -2.09. The second-order valence-corrected chi connectivity index (χ2v) is 5.27. The van der Waals surface area contributed by atoms with E-state index >= 15 is 0 Å². The Morgan fingerprint density at radius 3 is 2.89 bits per heavy atom. The third kappa shape index (κ3) is 3.43. The molecule has 0 aliphatic heterocycles. The summed E-state index contributed by atoms with van der Waals surface area (Å²) in [5, 5.41) is 5.30. The molecule has 96 valence electrons. The SMILES string of the molecule is Cc1ccsc1CNc1nccc(OC(C)C)n1. The van der Waals surface area contributed by atoms with Crippen molar-refractivity contribution in [2.24, 2.45) is 0 Å². The Morgan fingerprint density at radius 2 is 2.22 bits per heavy atom. The summed E-state index contributed by atoms with van der Waals surface area (Å²) < 4.78 is 5.53. The standard InChI is InChI=1S/C13H17N3OS/c1-9(2)17-12-4-6-14-13(16-12)15-8-11-10(3)5-7-18-11/h4-7,9H,8H2,1-3H3,(H,14,15,16). The summed E-state index contributed by atoms with van der Waals surface area (Å²) in [7, 11) is 0. The molecule has 0 atom stereocenters. The second kappa shape index (κ2) is 5.82. The predicted octanol–water partition coefficient (Wildman–Crippen LogP) is 3.25. The van der Waals surface area contributed by atoms with Gasteiger partial charge < -0.3 is 10.1 Å². The topological polar surface area (TPSA) is 47.0 Å². The van der Waals surface area contributed by atoms with E-state index in [2.05, 4.69) is 33.7 Å². The molecule has 0 saturated heterocycles. The van der Waals surface area contributed by atoms with E-state index in [-0.39, 0.29) is 6.10 Å². The van der Waals surface area contributed by atoms with Crippen LogP contribution in [0.1, 0.15) is 24.3 Å². The van der Waals surface area contributed by atoms with Gasteiger partial charge in [-0.05, 0) is 37.8 Å². The number of aromatic nitrogens is 2. The number of rotatable bonds is 5. The van der Waals surface area contributed by atoms with Crippen molar-refractivity contribution < 1.29 is 4.74 Å². The highest BCUT2D eigenvalue weighted by atomic mass is 32.1. The lowest BCUT2D eigenvalue weighted by atomic mass is 10.3. The number of nitrogens with one attached hydrogen (secondary N) is 1. The minimum Gasteiger partial charge on any atom is -0.475 e. The fraction of sp³-hybridized carbons (Fsp3) is 0.385. The minimum absolute atomic E-state index is 0.118. The molecule has 5 heteroatoms. The molecule has 2 aromatic heterocycles. The van der Waals surface area contributed by atoms with Crippen LogP contribution in [0, 0.1) is 6.92 Å². The molecule has 0 spiro atoms. The Bertz CT molecular complexity index is 510. The smallest absolute Gasteiger partial charge is 0.226 e. The highest BCUT2D eigenvalue weighted by Crippen LogP contribution is 2.17. The molecule has 0 unspecified atom stereocenters. The zero-order valence-electron chi connectivity index (χ0n) is 10.8. The van der Waals surface area contributed by atoms with Gasteiger partial charge in [-0.15, -0.1) is 11.3 Å². The van der Waals surface area contributed by atoms with E-state index in [1.807, 2.05) is 13.8 Å². The zero-order chi connectivity index (χ0) is 13.0. The number of hydrogen-bond donors (Lipinski definition) is 1. The quantitative estimate of drug-likeness (QED) is 0.899. The van der Waals surface area contributed by atoms with Crippen molar-refractivity contribution in [2.75, 3.05) is 5.32 Å². The fourth-order valence-corrected chi connectivity index (χ4v) is 2.32. The Morgan fingerprint density at radius 1 is 1.39 bits per heavy atom. The average molecular weight is 263 g/mol. The molecule has 2 aromatic rings. The number of nitrogens with zero attached hydrogens (tertiary/aromatic N) is 2. The predicted molar refractivity (Wildman–Crippen MR) is 74.2 cm³/mol. The molecule has 0 aliphatic rings. The van der Waals surface area contributed by atoms with Gasteiger partial charge in [0.15, 0.2) is 0 Å².